The minimum absolute atomic E-state index is 0.142. The highest BCUT2D eigenvalue weighted by Gasteiger charge is 2.27. The van der Waals surface area contributed by atoms with Crippen molar-refractivity contribution >= 4 is 34.9 Å². The molecule has 2 saturated carbocycles. The molecular weight excluding hydrogens is 395 g/mol. The van der Waals surface area contributed by atoms with Crippen LogP contribution in [-0.4, -0.2) is 28.3 Å². The molecule has 5 nitrogen and oxygen atoms in total. The van der Waals surface area contributed by atoms with Crippen LogP contribution in [0.5, 0.6) is 0 Å². The highest BCUT2D eigenvalue weighted by Crippen LogP contribution is 2.40. The lowest BCUT2D eigenvalue weighted by molar-refractivity contribution is 0.0923. The average Bonchev–Trinajstić information content (AvgIpc) is 3.46. The Morgan fingerprint density at radius 3 is 2.61 bits per heavy atom. The van der Waals surface area contributed by atoms with Crippen LogP contribution in [0.2, 0.25) is 10.0 Å². The van der Waals surface area contributed by atoms with Crippen molar-refractivity contribution in [1.82, 2.24) is 15.1 Å². The molecule has 2 aliphatic rings. The standard InChI is InChI=1S/C21H26Cl2N4O/c1-27-20(11-19(26-27)14-4-5-14)24-12-13-2-7-16(8-3-13)25-21(28)17-10-15(22)6-9-18(17)23/h6,9-11,13-14,16,24H,2-5,7-8,12H2,1H3,(H,25,28)/t13-,16-. The van der Waals surface area contributed by atoms with Gasteiger partial charge in [0.05, 0.1) is 16.3 Å². The van der Waals surface area contributed by atoms with Crippen molar-refractivity contribution in [2.75, 3.05) is 11.9 Å². The first-order valence-corrected chi connectivity index (χ1v) is 10.8. The summed E-state index contributed by atoms with van der Waals surface area (Å²) >= 11 is 12.1. The summed E-state index contributed by atoms with van der Waals surface area (Å²) in [4.78, 5) is 12.5. The maximum Gasteiger partial charge on any atom is 0.253 e. The number of hydrogen-bond donors (Lipinski definition) is 2. The first-order chi connectivity index (χ1) is 13.5. The van der Waals surface area contributed by atoms with E-state index in [1.807, 2.05) is 11.7 Å². The smallest absolute Gasteiger partial charge is 0.253 e. The summed E-state index contributed by atoms with van der Waals surface area (Å²) < 4.78 is 1.95. The quantitative estimate of drug-likeness (QED) is 0.690. The van der Waals surface area contributed by atoms with Crippen LogP contribution in [0, 0.1) is 5.92 Å². The molecule has 1 heterocycles. The van der Waals surface area contributed by atoms with Gasteiger partial charge in [-0.15, -0.1) is 0 Å². The number of aryl methyl sites for hydroxylation is 1. The first kappa shape index (κ1) is 19.6. The van der Waals surface area contributed by atoms with Crippen LogP contribution in [0.15, 0.2) is 24.3 Å². The highest BCUT2D eigenvalue weighted by atomic mass is 35.5. The summed E-state index contributed by atoms with van der Waals surface area (Å²) in [6.07, 6.45) is 6.69. The van der Waals surface area contributed by atoms with Gasteiger partial charge in [0.1, 0.15) is 5.82 Å². The van der Waals surface area contributed by atoms with Gasteiger partial charge in [0.2, 0.25) is 0 Å². The third kappa shape index (κ3) is 4.64. The van der Waals surface area contributed by atoms with Crippen LogP contribution >= 0.6 is 23.2 Å². The lowest BCUT2D eigenvalue weighted by Crippen LogP contribution is -2.38. The molecule has 1 aromatic heterocycles. The number of rotatable bonds is 6. The Bertz CT molecular complexity index is 854. The summed E-state index contributed by atoms with van der Waals surface area (Å²) in [5.41, 5.74) is 1.66. The lowest BCUT2D eigenvalue weighted by Gasteiger charge is -2.29. The molecule has 2 fully saturated rings. The molecule has 2 N–H and O–H groups in total. The minimum Gasteiger partial charge on any atom is -0.370 e. The molecule has 1 aromatic carbocycles. The van der Waals surface area contributed by atoms with Crippen molar-refractivity contribution < 1.29 is 4.79 Å². The lowest BCUT2D eigenvalue weighted by atomic mass is 9.86. The van der Waals surface area contributed by atoms with Gasteiger partial charge < -0.3 is 10.6 Å². The number of amides is 1. The number of anilines is 1. The third-order valence-electron chi connectivity index (χ3n) is 5.82. The molecule has 0 aliphatic heterocycles. The zero-order valence-electron chi connectivity index (χ0n) is 16.0. The highest BCUT2D eigenvalue weighted by molar-refractivity contribution is 6.35. The predicted octanol–water partition coefficient (Wildman–Crippen LogP) is 5.01. The molecule has 28 heavy (non-hydrogen) atoms. The van der Waals surface area contributed by atoms with Gasteiger partial charge in [0, 0.05) is 36.6 Å². The maximum atomic E-state index is 12.5. The van der Waals surface area contributed by atoms with E-state index in [1.165, 1.54) is 18.5 Å². The summed E-state index contributed by atoms with van der Waals surface area (Å²) in [6, 6.07) is 7.36. The number of halogens is 2. The van der Waals surface area contributed by atoms with Crippen molar-refractivity contribution in [3.05, 3.63) is 45.6 Å². The van der Waals surface area contributed by atoms with Crippen molar-refractivity contribution in [3.63, 3.8) is 0 Å². The molecule has 2 aromatic rings. The monoisotopic (exact) mass is 420 g/mol. The fraction of sp³-hybridized carbons (Fsp3) is 0.524. The van der Waals surface area contributed by atoms with Gasteiger partial charge in [0.25, 0.3) is 5.91 Å². The Morgan fingerprint density at radius 2 is 1.89 bits per heavy atom. The molecule has 0 spiro atoms. The Labute approximate surface area is 175 Å². The first-order valence-electron chi connectivity index (χ1n) is 10.0. The second kappa shape index (κ2) is 8.34. The topological polar surface area (TPSA) is 59.0 Å². The average molecular weight is 421 g/mol. The zero-order chi connectivity index (χ0) is 19.7. The summed E-state index contributed by atoms with van der Waals surface area (Å²) in [5.74, 6) is 2.25. The Kier molecular flexibility index (Phi) is 5.83. The van der Waals surface area contributed by atoms with E-state index in [9.17, 15) is 4.79 Å². The van der Waals surface area contributed by atoms with E-state index in [0.717, 1.165) is 38.0 Å². The van der Waals surface area contributed by atoms with Crippen molar-refractivity contribution in [2.45, 2.75) is 50.5 Å². The van der Waals surface area contributed by atoms with Gasteiger partial charge in [-0.2, -0.15) is 5.10 Å². The largest absolute Gasteiger partial charge is 0.370 e. The second-order valence-corrected chi connectivity index (χ2v) is 8.89. The fourth-order valence-corrected chi connectivity index (χ4v) is 4.30. The summed E-state index contributed by atoms with van der Waals surface area (Å²) in [6.45, 7) is 0.949. The zero-order valence-corrected chi connectivity index (χ0v) is 17.6. The Balaban J connectivity index is 1.24. The van der Waals surface area contributed by atoms with Crippen LogP contribution in [0.3, 0.4) is 0 Å². The molecule has 1 amide bonds. The van der Waals surface area contributed by atoms with E-state index in [0.29, 0.717) is 27.4 Å². The van der Waals surface area contributed by atoms with E-state index in [4.69, 9.17) is 23.2 Å². The van der Waals surface area contributed by atoms with Gasteiger partial charge in [-0.1, -0.05) is 23.2 Å². The molecule has 0 radical (unpaired) electrons. The molecule has 0 saturated heterocycles. The maximum absolute atomic E-state index is 12.5. The SMILES string of the molecule is Cn1nc(C2CC2)cc1NC[C@H]1CC[C@H](NC(=O)c2cc(Cl)ccc2Cl)CC1. The number of hydrogen-bond acceptors (Lipinski definition) is 3. The summed E-state index contributed by atoms with van der Waals surface area (Å²) in [5, 5.41) is 12.2. The number of nitrogens with zero attached hydrogens (tertiary/aromatic N) is 2. The van der Waals surface area contributed by atoms with Crippen molar-refractivity contribution in [3.8, 4) is 0 Å². The normalized spacial score (nSPS) is 22.1. The second-order valence-electron chi connectivity index (χ2n) is 8.05. The molecule has 2 aliphatic carbocycles. The van der Waals surface area contributed by atoms with E-state index < -0.39 is 0 Å². The van der Waals surface area contributed by atoms with Crippen LogP contribution in [-0.2, 0) is 7.05 Å². The van der Waals surface area contributed by atoms with Crippen LogP contribution in [0.4, 0.5) is 5.82 Å². The third-order valence-corrected chi connectivity index (χ3v) is 6.39. The molecule has 4 rings (SSSR count). The van der Waals surface area contributed by atoms with E-state index in [2.05, 4.69) is 21.8 Å². The Morgan fingerprint density at radius 1 is 1.14 bits per heavy atom. The fourth-order valence-electron chi connectivity index (χ4n) is 3.93. The number of aromatic nitrogens is 2. The van der Waals surface area contributed by atoms with E-state index in [1.54, 1.807) is 18.2 Å². The number of carbonyl (C=O) groups excluding carboxylic acids is 1. The van der Waals surface area contributed by atoms with Crippen molar-refractivity contribution in [2.24, 2.45) is 13.0 Å². The van der Waals surface area contributed by atoms with Gasteiger partial charge in [0.15, 0.2) is 0 Å². The van der Waals surface area contributed by atoms with E-state index >= 15 is 0 Å². The molecule has 0 unspecified atom stereocenters. The van der Waals surface area contributed by atoms with Gasteiger partial charge in [-0.3, -0.25) is 9.48 Å². The molecular formula is C21H26Cl2N4O. The number of benzene rings is 1. The molecule has 150 valence electrons. The number of carbonyl (C=O) groups is 1. The number of nitrogens with one attached hydrogen (secondary N) is 2. The van der Waals surface area contributed by atoms with Gasteiger partial charge >= 0.3 is 0 Å². The minimum atomic E-state index is -0.142. The predicted molar refractivity (Wildman–Crippen MR) is 113 cm³/mol. The van der Waals surface area contributed by atoms with Crippen molar-refractivity contribution in [1.29, 1.82) is 0 Å². The molecule has 7 heteroatoms. The van der Waals surface area contributed by atoms with Crippen LogP contribution in [0.1, 0.15) is 60.5 Å². The van der Waals surface area contributed by atoms with Gasteiger partial charge in [-0.25, -0.2) is 0 Å². The van der Waals surface area contributed by atoms with Gasteiger partial charge in [-0.05, 0) is 62.6 Å². The van der Waals surface area contributed by atoms with Crippen LogP contribution in [0.25, 0.3) is 0 Å². The molecule has 0 atom stereocenters. The van der Waals surface area contributed by atoms with Crippen LogP contribution < -0.4 is 10.6 Å². The Hall–Kier alpha value is -1.72. The van der Waals surface area contributed by atoms with E-state index in [-0.39, 0.29) is 11.9 Å². The molecule has 0 bridgehead atoms. The summed E-state index contributed by atoms with van der Waals surface area (Å²) in [7, 11) is 2.00.